The minimum atomic E-state index is -0.231. The summed E-state index contributed by atoms with van der Waals surface area (Å²) in [6.07, 6.45) is 0. The molecule has 0 spiro atoms. The Bertz CT molecular complexity index is 696. The first-order chi connectivity index (χ1) is 10.5. The van der Waals surface area contributed by atoms with Crippen LogP contribution in [0.1, 0.15) is 27.0 Å². The van der Waals surface area contributed by atoms with Crippen LogP contribution in [-0.4, -0.2) is 11.0 Å². The molecule has 0 aliphatic heterocycles. The number of anilines is 1. The number of hydrogen-bond acceptors (Lipinski definition) is 2. The minimum Gasteiger partial charge on any atom is -0.331 e. The number of aryl methyl sites for hydroxylation is 2. The van der Waals surface area contributed by atoms with Gasteiger partial charge < -0.3 is 5.32 Å². The second-order valence-corrected chi connectivity index (χ2v) is 5.55. The number of amides is 1. The maximum Gasteiger partial charge on any atom is 0.269 e. The molecule has 4 nitrogen and oxygen atoms in total. The SMILES string of the molecule is Cc1ccc(C(=O)NNC(=S)Nc2cccc(C)c2C)cc1. The van der Waals surface area contributed by atoms with Gasteiger partial charge in [-0.25, -0.2) is 0 Å². The van der Waals surface area contributed by atoms with Crippen molar-refractivity contribution in [3.05, 3.63) is 64.7 Å². The molecule has 0 aliphatic carbocycles. The Balaban J connectivity index is 1.91. The van der Waals surface area contributed by atoms with E-state index in [-0.39, 0.29) is 5.91 Å². The van der Waals surface area contributed by atoms with E-state index in [0.717, 1.165) is 16.8 Å². The van der Waals surface area contributed by atoms with Crippen LogP contribution in [-0.2, 0) is 0 Å². The van der Waals surface area contributed by atoms with Crippen molar-refractivity contribution in [2.45, 2.75) is 20.8 Å². The molecule has 2 aromatic rings. The molecule has 0 radical (unpaired) electrons. The molecular formula is C17H19N3OS. The fraction of sp³-hybridized carbons (Fsp3) is 0.176. The summed E-state index contributed by atoms with van der Waals surface area (Å²) in [6.45, 7) is 6.03. The van der Waals surface area contributed by atoms with Crippen molar-refractivity contribution in [3.8, 4) is 0 Å². The first-order valence-electron chi connectivity index (χ1n) is 6.97. The molecule has 0 unspecified atom stereocenters. The van der Waals surface area contributed by atoms with Gasteiger partial charge in [-0.2, -0.15) is 0 Å². The van der Waals surface area contributed by atoms with Gasteiger partial charge in [-0.1, -0.05) is 29.8 Å². The van der Waals surface area contributed by atoms with Gasteiger partial charge in [0.2, 0.25) is 0 Å². The molecule has 2 rings (SSSR count). The van der Waals surface area contributed by atoms with E-state index >= 15 is 0 Å². The summed E-state index contributed by atoms with van der Waals surface area (Å²) in [4.78, 5) is 12.0. The summed E-state index contributed by atoms with van der Waals surface area (Å²) in [6, 6.07) is 13.3. The van der Waals surface area contributed by atoms with Crippen LogP contribution >= 0.6 is 12.2 Å². The zero-order chi connectivity index (χ0) is 16.1. The van der Waals surface area contributed by atoms with Crippen LogP contribution < -0.4 is 16.2 Å². The van der Waals surface area contributed by atoms with E-state index in [0.29, 0.717) is 10.7 Å². The Morgan fingerprint density at radius 2 is 1.64 bits per heavy atom. The standard InChI is InChI=1S/C17H19N3OS/c1-11-7-9-14(10-8-11)16(21)19-20-17(22)18-15-6-4-5-12(2)13(15)3/h4-10H,1-3H3,(H,19,21)(H2,18,20,22). The lowest BCUT2D eigenvalue weighted by Crippen LogP contribution is -2.43. The molecular weight excluding hydrogens is 294 g/mol. The van der Waals surface area contributed by atoms with E-state index < -0.39 is 0 Å². The second-order valence-electron chi connectivity index (χ2n) is 5.15. The molecule has 114 valence electrons. The van der Waals surface area contributed by atoms with Crippen LogP contribution in [0.2, 0.25) is 0 Å². The fourth-order valence-electron chi connectivity index (χ4n) is 1.93. The van der Waals surface area contributed by atoms with Gasteiger partial charge in [0, 0.05) is 11.3 Å². The molecule has 0 aliphatic rings. The molecule has 5 heteroatoms. The maximum atomic E-state index is 12.0. The molecule has 22 heavy (non-hydrogen) atoms. The Labute approximate surface area is 135 Å². The third kappa shape index (κ3) is 4.05. The lowest BCUT2D eigenvalue weighted by molar-refractivity contribution is 0.0944. The Morgan fingerprint density at radius 3 is 2.32 bits per heavy atom. The van der Waals surface area contributed by atoms with Gasteiger partial charge in [0.15, 0.2) is 5.11 Å². The smallest absolute Gasteiger partial charge is 0.269 e. The first kappa shape index (κ1) is 16.0. The van der Waals surface area contributed by atoms with Crippen molar-refractivity contribution in [2.24, 2.45) is 0 Å². The predicted molar refractivity (Wildman–Crippen MR) is 93.9 cm³/mol. The highest BCUT2D eigenvalue weighted by molar-refractivity contribution is 7.80. The van der Waals surface area contributed by atoms with Crippen molar-refractivity contribution in [1.29, 1.82) is 0 Å². The third-order valence-corrected chi connectivity index (χ3v) is 3.66. The van der Waals surface area contributed by atoms with Gasteiger partial charge in [0.05, 0.1) is 0 Å². The van der Waals surface area contributed by atoms with Crippen LogP contribution in [0.3, 0.4) is 0 Å². The van der Waals surface area contributed by atoms with Crippen molar-refractivity contribution in [1.82, 2.24) is 10.9 Å². The van der Waals surface area contributed by atoms with Crippen LogP contribution in [0.4, 0.5) is 5.69 Å². The quantitative estimate of drug-likeness (QED) is 0.588. The molecule has 1 amide bonds. The second kappa shape index (κ2) is 7.04. The molecule has 0 fully saturated rings. The van der Waals surface area contributed by atoms with Gasteiger partial charge in [-0.05, 0) is 62.3 Å². The molecule has 2 aromatic carbocycles. The zero-order valence-corrected chi connectivity index (χ0v) is 13.7. The summed E-state index contributed by atoms with van der Waals surface area (Å²) >= 11 is 5.19. The highest BCUT2D eigenvalue weighted by Gasteiger charge is 2.06. The molecule has 3 N–H and O–H groups in total. The Hall–Kier alpha value is -2.40. The van der Waals surface area contributed by atoms with Gasteiger partial charge in [-0.3, -0.25) is 15.6 Å². The number of carbonyl (C=O) groups excluding carboxylic acids is 1. The third-order valence-electron chi connectivity index (χ3n) is 3.46. The minimum absolute atomic E-state index is 0.231. The topological polar surface area (TPSA) is 53.2 Å². The van der Waals surface area contributed by atoms with E-state index in [1.54, 1.807) is 12.1 Å². The number of rotatable bonds is 2. The van der Waals surface area contributed by atoms with Crippen molar-refractivity contribution >= 4 is 28.9 Å². The van der Waals surface area contributed by atoms with Crippen molar-refractivity contribution < 1.29 is 4.79 Å². The number of hydrazine groups is 1. The lowest BCUT2D eigenvalue weighted by atomic mass is 10.1. The highest BCUT2D eigenvalue weighted by Crippen LogP contribution is 2.17. The monoisotopic (exact) mass is 313 g/mol. The van der Waals surface area contributed by atoms with Gasteiger partial charge in [0.25, 0.3) is 5.91 Å². The van der Waals surface area contributed by atoms with Crippen LogP contribution in [0.5, 0.6) is 0 Å². The molecule has 0 bridgehead atoms. The van der Waals surface area contributed by atoms with E-state index in [2.05, 4.69) is 16.2 Å². The Kier molecular flexibility index (Phi) is 5.12. The highest BCUT2D eigenvalue weighted by atomic mass is 32.1. The normalized spacial score (nSPS) is 9.95. The average molecular weight is 313 g/mol. The summed E-state index contributed by atoms with van der Waals surface area (Å²) < 4.78 is 0. The fourth-order valence-corrected chi connectivity index (χ4v) is 2.09. The van der Waals surface area contributed by atoms with E-state index in [9.17, 15) is 4.79 Å². The first-order valence-corrected chi connectivity index (χ1v) is 7.38. The zero-order valence-electron chi connectivity index (χ0n) is 12.9. The Morgan fingerprint density at radius 1 is 0.955 bits per heavy atom. The number of carbonyl (C=O) groups is 1. The number of hydrogen-bond donors (Lipinski definition) is 3. The summed E-state index contributed by atoms with van der Waals surface area (Å²) in [5.41, 5.74) is 10.2. The molecule has 0 atom stereocenters. The largest absolute Gasteiger partial charge is 0.331 e. The number of nitrogens with one attached hydrogen (secondary N) is 3. The van der Waals surface area contributed by atoms with Crippen LogP contribution in [0.25, 0.3) is 0 Å². The molecule has 0 aromatic heterocycles. The van der Waals surface area contributed by atoms with E-state index in [1.165, 1.54) is 5.56 Å². The molecule has 0 saturated heterocycles. The maximum absolute atomic E-state index is 12.0. The summed E-state index contributed by atoms with van der Waals surface area (Å²) in [7, 11) is 0. The van der Waals surface area contributed by atoms with Crippen molar-refractivity contribution in [3.63, 3.8) is 0 Å². The summed E-state index contributed by atoms with van der Waals surface area (Å²) in [5.74, 6) is -0.231. The summed E-state index contributed by atoms with van der Waals surface area (Å²) in [5, 5.41) is 3.41. The van der Waals surface area contributed by atoms with E-state index in [4.69, 9.17) is 12.2 Å². The van der Waals surface area contributed by atoms with Gasteiger partial charge in [-0.15, -0.1) is 0 Å². The van der Waals surface area contributed by atoms with Gasteiger partial charge in [0.1, 0.15) is 0 Å². The van der Waals surface area contributed by atoms with Crippen molar-refractivity contribution in [2.75, 3.05) is 5.32 Å². The molecule has 0 saturated carbocycles. The number of thiocarbonyl (C=S) groups is 1. The van der Waals surface area contributed by atoms with Gasteiger partial charge >= 0.3 is 0 Å². The number of benzene rings is 2. The average Bonchev–Trinajstić information content (AvgIpc) is 2.50. The lowest BCUT2D eigenvalue weighted by Gasteiger charge is -2.14. The molecule has 0 heterocycles. The van der Waals surface area contributed by atoms with Crippen LogP contribution in [0.15, 0.2) is 42.5 Å². The predicted octanol–water partition coefficient (Wildman–Crippen LogP) is 3.24. The van der Waals surface area contributed by atoms with E-state index in [1.807, 2.05) is 51.1 Å². The van der Waals surface area contributed by atoms with Crippen LogP contribution in [0, 0.1) is 20.8 Å².